The first-order valence-corrected chi connectivity index (χ1v) is 8.08. The molecule has 0 unspecified atom stereocenters. The minimum Gasteiger partial charge on any atom is -0.478 e. The van der Waals surface area contributed by atoms with Gasteiger partial charge in [-0.25, -0.2) is 4.79 Å². The number of nitrogens with one attached hydrogen (secondary N) is 1. The second-order valence-corrected chi connectivity index (χ2v) is 6.52. The van der Waals surface area contributed by atoms with E-state index in [1.165, 1.54) is 11.6 Å². The first-order chi connectivity index (χ1) is 11.1. The Morgan fingerprint density at radius 1 is 1.22 bits per heavy atom. The maximum Gasteiger partial charge on any atom is 0.335 e. The summed E-state index contributed by atoms with van der Waals surface area (Å²) in [4.78, 5) is 11.3. The molecule has 4 rings (SSSR count). The summed E-state index contributed by atoms with van der Waals surface area (Å²) in [5, 5.41) is 13.3. The van der Waals surface area contributed by atoms with Gasteiger partial charge in [-0.1, -0.05) is 54.1 Å². The topological polar surface area (TPSA) is 49.3 Å². The van der Waals surface area contributed by atoms with Crippen molar-refractivity contribution in [3.8, 4) is 0 Å². The summed E-state index contributed by atoms with van der Waals surface area (Å²) in [5.74, 6) is -0.364. The number of hydrogen-bond donors (Lipinski definition) is 2. The summed E-state index contributed by atoms with van der Waals surface area (Å²) in [7, 11) is 0. The van der Waals surface area contributed by atoms with Gasteiger partial charge in [-0.2, -0.15) is 0 Å². The Labute approximate surface area is 139 Å². The summed E-state index contributed by atoms with van der Waals surface area (Å²) >= 11 is 6.38. The number of allylic oxidation sites excluding steroid dienone is 2. The number of carboxylic acids is 1. The molecule has 3 atom stereocenters. The van der Waals surface area contributed by atoms with E-state index in [9.17, 15) is 9.90 Å². The lowest BCUT2D eigenvalue weighted by Gasteiger charge is -2.38. The zero-order chi connectivity index (χ0) is 16.0. The number of anilines is 1. The molecule has 1 aliphatic carbocycles. The van der Waals surface area contributed by atoms with Gasteiger partial charge in [0.05, 0.1) is 22.3 Å². The highest BCUT2D eigenvalue weighted by Crippen LogP contribution is 2.51. The molecule has 0 amide bonds. The molecule has 116 valence electrons. The van der Waals surface area contributed by atoms with E-state index in [4.69, 9.17) is 11.6 Å². The highest BCUT2D eigenvalue weighted by atomic mass is 35.5. The second-order valence-electron chi connectivity index (χ2n) is 6.11. The first kappa shape index (κ1) is 14.3. The van der Waals surface area contributed by atoms with Gasteiger partial charge >= 0.3 is 5.97 Å². The van der Waals surface area contributed by atoms with E-state index >= 15 is 0 Å². The molecule has 0 fully saturated rings. The van der Waals surface area contributed by atoms with Crippen molar-refractivity contribution in [3.63, 3.8) is 0 Å². The van der Waals surface area contributed by atoms with Crippen LogP contribution in [0.25, 0.3) is 0 Å². The zero-order valence-corrected chi connectivity index (χ0v) is 13.1. The summed E-state index contributed by atoms with van der Waals surface area (Å²) in [6.07, 6.45) is 5.34. The van der Waals surface area contributed by atoms with Crippen molar-refractivity contribution in [2.45, 2.75) is 18.4 Å². The smallest absolute Gasteiger partial charge is 0.335 e. The highest BCUT2D eigenvalue weighted by Gasteiger charge is 2.39. The van der Waals surface area contributed by atoms with Crippen LogP contribution in [0.5, 0.6) is 0 Å². The standard InChI is InChI=1S/C19H16ClNO2/c20-16-10-12(19(22)23)9-15-13-7-4-8-14(13)17(21-18(15)16)11-5-2-1-3-6-11/h1-7,9-10,13-14,17,21H,8H2,(H,22,23)/t13-,14+,17+/m1/s1. The minimum absolute atomic E-state index is 0.178. The molecular formula is C19H16ClNO2. The average molecular weight is 326 g/mol. The monoisotopic (exact) mass is 325 g/mol. The Bertz CT molecular complexity index is 801. The van der Waals surface area contributed by atoms with Gasteiger partial charge < -0.3 is 10.4 Å². The van der Waals surface area contributed by atoms with Crippen molar-refractivity contribution in [1.29, 1.82) is 0 Å². The molecule has 2 aromatic rings. The number of carbonyl (C=O) groups is 1. The molecule has 2 aromatic carbocycles. The molecule has 0 spiro atoms. The Balaban J connectivity index is 1.84. The maximum atomic E-state index is 11.3. The van der Waals surface area contributed by atoms with E-state index in [1.807, 2.05) is 18.2 Å². The predicted octanol–water partition coefficient (Wildman–Crippen LogP) is 4.86. The van der Waals surface area contributed by atoms with E-state index in [0.717, 1.165) is 17.7 Å². The summed E-state index contributed by atoms with van der Waals surface area (Å²) in [6, 6.07) is 13.8. The van der Waals surface area contributed by atoms with Crippen molar-refractivity contribution < 1.29 is 9.90 Å². The number of carboxylic acid groups (broad SMARTS) is 1. The fourth-order valence-electron chi connectivity index (χ4n) is 3.77. The molecular weight excluding hydrogens is 310 g/mol. The van der Waals surface area contributed by atoms with Crippen LogP contribution in [0.2, 0.25) is 5.02 Å². The number of rotatable bonds is 2. The van der Waals surface area contributed by atoms with Gasteiger partial charge in [0, 0.05) is 5.92 Å². The van der Waals surface area contributed by atoms with Crippen molar-refractivity contribution in [2.75, 3.05) is 5.32 Å². The molecule has 3 nitrogen and oxygen atoms in total. The second kappa shape index (κ2) is 5.43. The average Bonchev–Trinajstić information content (AvgIpc) is 3.04. The molecule has 1 heterocycles. The first-order valence-electron chi connectivity index (χ1n) is 7.70. The lowest BCUT2D eigenvalue weighted by atomic mass is 9.76. The largest absolute Gasteiger partial charge is 0.478 e. The number of aromatic carboxylic acids is 1. The van der Waals surface area contributed by atoms with Crippen LogP contribution in [0.1, 0.15) is 39.9 Å². The highest BCUT2D eigenvalue weighted by molar-refractivity contribution is 6.33. The van der Waals surface area contributed by atoms with Gasteiger partial charge in [0.15, 0.2) is 0 Å². The molecule has 0 radical (unpaired) electrons. The van der Waals surface area contributed by atoms with Crippen LogP contribution >= 0.6 is 11.6 Å². The number of fused-ring (bicyclic) bond motifs is 3. The molecule has 0 saturated heterocycles. The Hall–Kier alpha value is -2.26. The van der Waals surface area contributed by atoms with Gasteiger partial charge in [0.2, 0.25) is 0 Å². The summed E-state index contributed by atoms with van der Waals surface area (Å²) < 4.78 is 0. The quantitative estimate of drug-likeness (QED) is 0.775. The fourth-order valence-corrected chi connectivity index (χ4v) is 4.05. The van der Waals surface area contributed by atoms with Crippen molar-refractivity contribution in [3.05, 3.63) is 76.3 Å². The van der Waals surface area contributed by atoms with Crippen LogP contribution < -0.4 is 5.32 Å². The van der Waals surface area contributed by atoms with E-state index in [2.05, 4.69) is 29.6 Å². The number of halogens is 1. The molecule has 2 N–H and O–H groups in total. The lowest BCUT2D eigenvalue weighted by Crippen LogP contribution is -2.29. The van der Waals surface area contributed by atoms with Crippen LogP contribution in [0, 0.1) is 5.92 Å². The molecule has 1 aliphatic heterocycles. The Morgan fingerprint density at radius 2 is 2.00 bits per heavy atom. The lowest BCUT2D eigenvalue weighted by molar-refractivity contribution is 0.0696. The van der Waals surface area contributed by atoms with Gasteiger partial charge in [-0.05, 0) is 35.6 Å². The zero-order valence-electron chi connectivity index (χ0n) is 12.4. The number of hydrogen-bond acceptors (Lipinski definition) is 2. The van der Waals surface area contributed by atoms with Crippen LogP contribution in [0.3, 0.4) is 0 Å². The molecule has 0 aromatic heterocycles. The number of benzene rings is 2. The summed E-state index contributed by atoms with van der Waals surface area (Å²) in [5.41, 5.74) is 3.32. The van der Waals surface area contributed by atoms with Crippen LogP contribution in [-0.4, -0.2) is 11.1 Å². The molecule has 2 aliphatic rings. The van der Waals surface area contributed by atoms with E-state index < -0.39 is 5.97 Å². The van der Waals surface area contributed by atoms with Gasteiger partial charge in [-0.3, -0.25) is 0 Å². The van der Waals surface area contributed by atoms with Crippen LogP contribution in [0.15, 0.2) is 54.6 Å². The van der Waals surface area contributed by atoms with Crippen molar-refractivity contribution in [2.24, 2.45) is 5.92 Å². The fraction of sp³-hybridized carbons (Fsp3) is 0.211. The van der Waals surface area contributed by atoms with E-state index in [0.29, 0.717) is 10.9 Å². The van der Waals surface area contributed by atoms with Gasteiger partial charge in [0.1, 0.15) is 0 Å². The SMILES string of the molecule is O=C(O)c1cc(Cl)c2c(c1)[C@@H]1C=CC[C@@H]1[C@H](c1ccccc1)N2. The van der Waals surface area contributed by atoms with Gasteiger partial charge in [-0.15, -0.1) is 0 Å². The third kappa shape index (κ3) is 2.32. The van der Waals surface area contributed by atoms with Gasteiger partial charge in [0.25, 0.3) is 0 Å². The summed E-state index contributed by atoms with van der Waals surface area (Å²) in [6.45, 7) is 0. The van der Waals surface area contributed by atoms with Crippen LogP contribution in [-0.2, 0) is 0 Å². The maximum absolute atomic E-state index is 11.3. The third-order valence-corrected chi connectivity index (χ3v) is 5.12. The van der Waals surface area contributed by atoms with Crippen molar-refractivity contribution in [1.82, 2.24) is 0 Å². The minimum atomic E-state index is -0.946. The Morgan fingerprint density at radius 3 is 2.74 bits per heavy atom. The Kier molecular flexibility index (Phi) is 3.38. The third-order valence-electron chi connectivity index (χ3n) is 4.83. The molecule has 0 saturated carbocycles. The normalized spacial score (nSPS) is 24.7. The van der Waals surface area contributed by atoms with Crippen LogP contribution in [0.4, 0.5) is 5.69 Å². The van der Waals surface area contributed by atoms with E-state index in [1.54, 1.807) is 6.07 Å². The van der Waals surface area contributed by atoms with E-state index in [-0.39, 0.29) is 17.5 Å². The molecule has 4 heteroatoms. The molecule has 0 bridgehead atoms. The molecule has 23 heavy (non-hydrogen) atoms. The predicted molar refractivity (Wildman–Crippen MR) is 91.2 cm³/mol. The van der Waals surface area contributed by atoms with Crippen molar-refractivity contribution >= 4 is 23.3 Å².